The fourth-order valence-corrected chi connectivity index (χ4v) is 4.05. The molecule has 0 saturated heterocycles. The summed E-state index contributed by atoms with van der Waals surface area (Å²) in [7, 11) is 1.64. The molecule has 0 spiro atoms. The molecule has 0 radical (unpaired) electrons. The maximum Gasteiger partial charge on any atom is 0.313 e. The number of carbonyl (C=O) groups excluding carboxylic acids is 2. The molecule has 1 aliphatic rings. The van der Waals surface area contributed by atoms with Gasteiger partial charge in [-0.15, -0.1) is 0 Å². The van der Waals surface area contributed by atoms with E-state index in [-0.39, 0.29) is 17.8 Å². The number of amides is 1. The number of hydrogen-bond donors (Lipinski definition) is 0. The fraction of sp³-hybridized carbons (Fsp3) is 0.286. The van der Waals surface area contributed by atoms with Gasteiger partial charge in [-0.3, -0.25) is 9.59 Å². The molecule has 1 aliphatic heterocycles. The average molecular weight is 444 g/mol. The highest BCUT2D eigenvalue weighted by Gasteiger charge is 2.31. The Kier molecular flexibility index (Phi) is 5.98. The Hall–Kier alpha value is -3.60. The monoisotopic (exact) mass is 443 g/mol. The highest BCUT2D eigenvalue weighted by molar-refractivity contribution is 6.14. The van der Waals surface area contributed by atoms with E-state index in [1.165, 1.54) is 0 Å². The van der Waals surface area contributed by atoms with Gasteiger partial charge in [0.25, 0.3) is 5.91 Å². The average Bonchev–Trinajstić information content (AvgIpc) is 3.14. The number of anilines is 1. The topological polar surface area (TPSA) is 55.8 Å². The normalized spacial score (nSPS) is 14.1. The Morgan fingerprint density at radius 2 is 1.64 bits per heavy atom. The van der Waals surface area contributed by atoms with Crippen LogP contribution in [0, 0.1) is 0 Å². The van der Waals surface area contributed by atoms with Crippen LogP contribution >= 0.6 is 0 Å². The molecule has 0 bridgehead atoms. The second kappa shape index (κ2) is 8.74. The van der Waals surface area contributed by atoms with Crippen LogP contribution in [0.5, 0.6) is 5.75 Å². The van der Waals surface area contributed by atoms with Gasteiger partial charge in [0.2, 0.25) is 0 Å². The molecule has 1 heterocycles. The van der Waals surface area contributed by atoms with Crippen molar-refractivity contribution in [1.82, 2.24) is 0 Å². The van der Waals surface area contributed by atoms with Crippen LogP contribution in [0.1, 0.15) is 55.1 Å². The third-order valence-electron chi connectivity index (χ3n) is 5.80. The van der Waals surface area contributed by atoms with Gasteiger partial charge in [-0.2, -0.15) is 0 Å². The van der Waals surface area contributed by atoms with Crippen molar-refractivity contribution in [2.24, 2.45) is 0 Å². The number of esters is 1. The molecule has 0 aliphatic carbocycles. The molecule has 3 aromatic rings. The summed E-state index contributed by atoms with van der Waals surface area (Å²) >= 11 is 0. The first-order chi connectivity index (χ1) is 15.7. The van der Waals surface area contributed by atoms with E-state index >= 15 is 0 Å². The van der Waals surface area contributed by atoms with Crippen LogP contribution in [-0.2, 0) is 16.1 Å². The summed E-state index contributed by atoms with van der Waals surface area (Å²) in [5.74, 6) is 0.111. The maximum atomic E-state index is 13.4. The SMILES string of the molecule is COc1ccc(-c2cccc3c2C(=O)N(c2ccc(C(C)C(=O)OC(C)(C)C)cc2)C3)cc1. The molecule has 1 unspecified atom stereocenters. The largest absolute Gasteiger partial charge is 0.497 e. The minimum absolute atomic E-state index is 0.0237. The van der Waals surface area contributed by atoms with E-state index < -0.39 is 5.60 Å². The molecule has 170 valence electrons. The first-order valence-corrected chi connectivity index (χ1v) is 11.1. The zero-order chi connectivity index (χ0) is 23.8. The smallest absolute Gasteiger partial charge is 0.313 e. The van der Waals surface area contributed by atoms with E-state index in [1.807, 2.05) is 94.4 Å². The van der Waals surface area contributed by atoms with Crippen molar-refractivity contribution >= 4 is 17.6 Å². The summed E-state index contributed by atoms with van der Waals surface area (Å²) in [6, 6.07) is 21.3. The second-order valence-electron chi connectivity index (χ2n) is 9.31. The second-order valence-corrected chi connectivity index (χ2v) is 9.31. The standard InChI is InChI=1S/C28H29NO4/c1-18(27(31)33-28(2,3)4)19-9-13-22(14-10-19)29-17-21-7-6-8-24(25(21)26(29)30)20-11-15-23(32-5)16-12-20/h6-16,18H,17H2,1-5H3. The van der Waals surface area contributed by atoms with Crippen molar-refractivity contribution in [2.45, 2.75) is 45.8 Å². The third-order valence-corrected chi connectivity index (χ3v) is 5.80. The van der Waals surface area contributed by atoms with Crippen LogP contribution in [0.15, 0.2) is 66.7 Å². The molecule has 5 heteroatoms. The Balaban J connectivity index is 1.57. The van der Waals surface area contributed by atoms with Crippen LogP contribution in [-0.4, -0.2) is 24.6 Å². The lowest BCUT2D eigenvalue weighted by molar-refractivity contribution is -0.156. The molecule has 1 amide bonds. The molecule has 33 heavy (non-hydrogen) atoms. The van der Waals surface area contributed by atoms with Gasteiger partial charge < -0.3 is 14.4 Å². The van der Waals surface area contributed by atoms with Crippen molar-refractivity contribution < 1.29 is 19.1 Å². The predicted molar refractivity (Wildman–Crippen MR) is 130 cm³/mol. The first-order valence-electron chi connectivity index (χ1n) is 11.1. The highest BCUT2D eigenvalue weighted by atomic mass is 16.6. The minimum Gasteiger partial charge on any atom is -0.497 e. The summed E-state index contributed by atoms with van der Waals surface area (Å²) < 4.78 is 10.8. The summed E-state index contributed by atoms with van der Waals surface area (Å²) in [4.78, 5) is 27.6. The van der Waals surface area contributed by atoms with Gasteiger partial charge in [-0.1, -0.05) is 42.5 Å². The van der Waals surface area contributed by atoms with Gasteiger partial charge in [0.1, 0.15) is 11.4 Å². The molecule has 5 nitrogen and oxygen atoms in total. The lowest BCUT2D eigenvalue weighted by Gasteiger charge is -2.23. The van der Waals surface area contributed by atoms with Crippen LogP contribution in [0.25, 0.3) is 11.1 Å². The van der Waals surface area contributed by atoms with E-state index in [1.54, 1.807) is 12.0 Å². The third kappa shape index (κ3) is 4.63. The van der Waals surface area contributed by atoms with Gasteiger partial charge in [0.15, 0.2) is 0 Å². The Bertz CT molecular complexity index is 1170. The van der Waals surface area contributed by atoms with Gasteiger partial charge >= 0.3 is 5.97 Å². The zero-order valence-electron chi connectivity index (χ0n) is 19.7. The number of methoxy groups -OCH3 is 1. The zero-order valence-corrected chi connectivity index (χ0v) is 19.7. The molecule has 1 atom stereocenters. The Morgan fingerprint density at radius 3 is 2.24 bits per heavy atom. The minimum atomic E-state index is -0.527. The number of rotatable bonds is 5. The highest BCUT2D eigenvalue weighted by Crippen LogP contribution is 2.36. The van der Waals surface area contributed by atoms with Crippen LogP contribution < -0.4 is 9.64 Å². The van der Waals surface area contributed by atoms with Gasteiger partial charge in [-0.05, 0) is 74.2 Å². The van der Waals surface area contributed by atoms with E-state index in [0.717, 1.165) is 39.3 Å². The van der Waals surface area contributed by atoms with Crippen LogP contribution in [0.4, 0.5) is 5.69 Å². The number of ether oxygens (including phenoxy) is 2. The van der Waals surface area contributed by atoms with Crippen molar-refractivity contribution in [2.75, 3.05) is 12.0 Å². The van der Waals surface area contributed by atoms with Gasteiger partial charge in [0, 0.05) is 5.69 Å². The quantitative estimate of drug-likeness (QED) is 0.456. The van der Waals surface area contributed by atoms with Crippen molar-refractivity contribution in [3.8, 4) is 16.9 Å². The number of carbonyl (C=O) groups is 2. The van der Waals surface area contributed by atoms with E-state index in [4.69, 9.17) is 9.47 Å². The first kappa shape index (κ1) is 22.6. The maximum absolute atomic E-state index is 13.4. The molecule has 0 saturated carbocycles. The molecule has 0 N–H and O–H groups in total. The predicted octanol–water partition coefficient (Wildman–Crippen LogP) is 5.97. The number of hydrogen-bond acceptors (Lipinski definition) is 4. The molecule has 0 aromatic heterocycles. The lowest BCUT2D eigenvalue weighted by Crippen LogP contribution is -2.27. The number of nitrogens with zero attached hydrogens (tertiary/aromatic N) is 1. The van der Waals surface area contributed by atoms with Crippen LogP contribution in [0.3, 0.4) is 0 Å². The molecule has 3 aromatic carbocycles. The van der Waals surface area contributed by atoms with Crippen molar-refractivity contribution in [1.29, 1.82) is 0 Å². The summed E-state index contributed by atoms with van der Waals surface area (Å²) in [5.41, 5.74) is 4.75. The lowest BCUT2D eigenvalue weighted by atomic mass is 9.97. The summed E-state index contributed by atoms with van der Waals surface area (Å²) in [5, 5.41) is 0. The fourth-order valence-electron chi connectivity index (χ4n) is 4.05. The van der Waals surface area contributed by atoms with E-state index in [9.17, 15) is 9.59 Å². The molecular formula is C28H29NO4. The van der Waals surface area contributed by atoms with E-state index in [2.05, 4.69) is 0 Å². The van der Waals surface area contributed by atoms with Gasteiger partial charge in [-0.25, -0.2) is 0 Å². The van der Waals surface area contributed by atoms with Crippen LogP contribution in [0.2, 0.25) is 0 Å². The van der Waals surface area contributed by atoms with E-state index in [0.29, 0.717) is 6.54 Å². The van der Waals surface area contributed by atoms with Crippen molar-refractivity contribution in [3.05, 3.63) is 83.4 Å². The summed E-state index contributed by atoms with van der Waals surface area (Å²) in [6.45, 7) is 7.92. The number of fused-ring (bicyclic) bond motifs is 1. The number of benzene rings is 3. The van der Waals surface area contributed by atoms with Crippen molar-refractivity contribution in [3.63, 3.8) is 0 Å². The molecule has 0 fully saturated rings. The summed E-state index contributed by atoms with van der Waals surface area (Å²) in [6.07, 6.45) is 0. The van der Waals surface area contributed by atoms with Gasteiger partial charge in [0.05, 0.1) is 25.1 Å². The molecule has 4 rings (SSSR count). The molecular weight excluding hydrogens is 414 g/mol. The Morgan fingerprint density at radius 1 is 0.970 bits per heavy atom. The Labute approximate surface area is 194 Å².